The second-order valence-corrected chi connectivity index (χ2v) is 6.03. The lowest BCUT2D eigenvalue weighted by Gasteiger charge is -2.07. The van der Waals surface area contributed by atoms with Gasteiger partial charge >= 0.3 is 0 Å². The van der Waals surface area contributed by atoms with Crippen LogP contribution in [-0.2, 0) is 0 Å². The molecule has 0 aromatic carbocycles. The van der Waals surface area contributed by atoms with Gasteiger partial charge in [-0.25, -0.2) is 9.97 Å². The molecule has 0 bridgehead atoms. The van der Waals surface area contributed by atoms with Crippen LogP contribution in [-0.4, -0.2) is 15.7 Å². The van der Waals surface area contributed by atoms with Crippen LogP contribution in [0.15, 0.2) is 15.7 Å². The highest BCUT2D eigenvalue weighted by Crippen LogP contribution is 2.22. The van der Waals surface area contributed by atoms with Gasteiger partial charge in [-0.1, -0.05) is 33.6 Å². The number of hydrogen-bond acceptors (Lipinski definition) is 3. The van der Waals surface area contributed by atoms with Gasteiger partial charge in [-0.05, 0) is 28.1 Å². The van der Waals surface area contributed by atoms with E-state index in [4.69, 9.17) is 0 Å². The van der Waals surface area contributed by atoms with E-state index in [2.05, 4.69) is 46.7 Å². The van der Waals surface area contributed by atoms with Crippen molar-refractivity contribution in [2.24, 2.45) is 0 Å². The van der Waals surface area contributed by atoms with Gasteiger partial charge in [-0.3, -0.25) is 0 Å². The predicted molar refractivity (Wildman–Crippen MR) is 74.1 cm³/mol. The van der Waals surface area contributed by atoms with Gasteiger partial charge in [-0.15, -0.1) is 11.8 Å². The van der Waals surface area contributed by atoms with Crippen molar-refractivity contribution >= 4 is 27.7 Å². The van der Waals surface area contributed by atoms with E-state index in [1.165, 1.54) is 19.3 Å². The van der Waals surface area contributed by atoms with E-state index in [0.29, 0.717) is 5.92 Å². The number of aromatic nitrogens is 2. The number of nitrogens with zero attached hydrogens (tertiary/aromatic N) is 2. The van der Waals surface area contributed by atoms with Gasteiger partial charge < -0.3 is 0 Å². The summed E-state index contributed by atoms with van der Waals surface area (Å²) in [7, 11) is 0. The summed E-state index contributed by atoms with van der Waals surface area (Å²) in [5.41, 5.74) is 0. The van der Waals surface area contributed by atoms with E-state index >= 15 is 0 Å². The van der Waals surface area contributed by atoms with Gasteiger partial charge in [0.1, 0.15) is 15.5 Å². The molecule has 0 N–H and O–H groups in total. The van der Waals surface area contributed by atoms with Crippen molar-refractivity contribution in [3.63, 3.8) is 0 Å². The van der Waals surface area contributed by atoms with Crippen LogP contribution in [0.1, 0.15) is 51.8 Å². The van der Waals surface area contributed by atoms with E-state index in [-0.39, 0.29) is 0 Å². The van der Waals surface area contributed by atoms with Crippen molar-refractivity contribution in [2.75, 3.05) is 5.75 Å². The summed E-state index contributed by atoms with van der Waals surface area (Å²) in [6, 6.07) is 2.00. The molecule has 0 aliphatic carbocycles. The summed E-state index contributed by atoms with van der Waals surface area (Å²) in [5, 5.41) is 1.08. The van der Waals surface area contributed by atoms with Crippen LogP contribution in [0.2, 0.25) is 0 Å². The van der Waals surface area contributed by atoms with E-state index < -0.39 is 0 Å². The lowest BCUT2D eigenvalue weighted by Crippen LogP contribution is -1.99. The van der Waals surface area contributed by atoms with Gasteiger partial charge in [-0.2, -0.15) is 0 Å². The van der Waals surface area contributed by atoms with Crippen LogP contribution in [0, 0.1) is 0 Å². The molecule has 0 aliphatic heterocycles. The third kappa shape index (κ3) is 4.83. The Morgan fingerprint density at radius 3 is 2.69 bits per heavy atom. The molecule has 0 aliphatic rings. The number of halogens is 1. The van der Waals surface area contributed by atoms with Crippen molar-refractivity contribution in [3.05, 3.63) is 16.5 Å². The average molecular weight is 303 g/mol. The smallest absolute Gasteiger partial charge is 0.133 e. The first-order valence-corrected chi connectivity index (χ1v) is 7.58. The average Bonchev–Trinajstić information content (AvgIpc) is 2.23. The first-order valence-electron chi connectivity index (χ1n) is 5.80. The Labute approximate surface area is 111 Å². The van der Waals surface area contributed by atoms with Crippen LogP contribution in [0.3, 0.4) is 0 Å². The van der Waals surface area contributed by atoms with Gasteiger partial charge in [0.2, 0.25) is 0 Å². The first-order chi connectivity index (χ1) is 7.63. The molecule has 1 heterocycles. The molecule has 0 radical (unpaired) electrons. The molecule has 16 heavy (non-hydrogen) atoms. The third-order valence-electron chi connectivity index (χ3n) is 2.20. The Hall–Kier alpha value is -0.0900. The highest BCUT2D eigenvalue weighted by molar-refractivity contribution is 9.10. The van der Waals surface area contributed by atoms with Crippen molar-refractivity contribution in [1.29, 1.82) is 0 Å². The van der Waals surface area contributed by atoms with Crippen molar-refractivity contribution < 1.29 is 0 Å². The summed E-state index contributed by atoms with van der Waals surface area (Å²) in [5.74, 6) is 2.45. The van der Waals surface area contributed by atoms with E-state index in [1.807, 2.05) is 17.8 Å². The fourth-order valence-corrected chi connectivity index (χ4v) is 2.74. The van der Waals surface area contributed by atoms with E-state index in [0.717, 1.165) is 21.2 Å². The Balaban J connectivity index is 2.58. The first kappa shape index (κ1) is 14.0. The fraction of sp³-hybridized carbons (Fsp3) is 0.667. The monoisotopic (exact) mass is 302 g/mol. The molecule has 90 valence electrons. The van der Waals surface area contributed by atoms with Gasteiger partial charge in [0.15, 0.2) is 0 Å². The minimum Gasteiger partial charge on any atom is -0.226 e. The van der Waals surface area contributed by atoms with E-state index in [9.17, 15) is 0 Å². The van der Waals surface area contributed by atoms with Gasteiger partial charge in [0.25, 0.3) is 0 Å². The molecule has 0 saturated carbocycles. The molecule has 0 spiro atoms. The standard InChI is InChI=1S/C12H19BrN2S/c1-4-5-6-7-16-11-8-10(13)14-12(15-11)9(2)3/h8-9H,4-7H2,1-3H3. The molecule has 0 fully saturated rings. The van der Waals surface area contributed by atoms with Gasteiger partial charge in [0.05, 0.1) is 0 Å². The predicted octanol–water partition coefficient (Wildman–Crippen LogP) is 4.64. The van der Waals surface area contributed by atoms with Crippen molar-refractivity contribution in [3.8, 4) is 0 Å². The second-order valence-electron chi connectivity index (χ2n) is 4.10. The Morgan fingerprint density at radius 2 is 2.06 bits per heavy atom. The minimum atomic E-state index is 0.382. The largest absolute Gasteiger partial charge is 0.226 e. The molecule has 1 rings (SSSR count). The summed E-state index contributed by atoms with van der Waals surface area (Å²) in [6.07, 6.45) is 3.83. The molecule has 1 aromatic heterocycles. The lowest BCUT2D eigenvalue weighted by atomic mass is 10.2. The molecule has 0 atom stereocenters. The molecule has 0 saturated heterocycles. The quantitative estimate of drug-likeness (QED) is 0.435. The van der Waals surface area contributed by atoms with Crippen molar-refractivity contribution in [1.82, 2.24) is 9.97 Å². The molecule has 4 heteroatoms. The number of unbranched alkanes of at least 4 members (excludes halogenated alkanes) is 2. The minimum absolute atomic E-state index is 0.382. The highest BCUT2D eigenvalue weighted by Gasteiger charge is 2.06. The molecular formula is C12H19BrN2S. The van der Waals surface area contributed by atoms with Crippen LogP contribution < -0.4 is 0 Å². The van der Waals surface area contributed by atoms with E-state index in [1.54, 1.807) is 0 Å². The molecular weight excluding hydrogens is 284 g/mol. The maximum atomic E-state index is 4.55. The summed E-state index contributed by atoms with van der Waals surface area (Å²) >= 11 is 5.26. The second kappa shape index (κ2) is 7.28. The van der Waals surface area contributed by atoms with Crippen LogP contribution in [0.5, 0.6) is 0 Å². The molecule has 0 amide bonds. The SMILES string of the molecule is CCCCCSc1cc(Br)nc(C(C)C)n1. The maximum absolute atomic E-state index is 4.55. The number of hydrogen-bond donors (Lipinski definition) is 0. The highest BCUT2D eigenvalue weighted by atomic mass is 79.9. The number of rotatable bonds is 6. The van der Waals surface area contributed by atoms with Crippen molar-refractivity contribution in [2.45, 2.75) is 51.0 Å². The maximum Gasteiger partial charge on any atom is 0.133 e. The lowest BCUT2D eigenvalue weighted by molar-refractivity contribution is 0.746. The normalized spacial score (nSPS) is 11.1. The fourth-order valence-electron chi connectivity index (χ4n) is 1.27. The molecule has 1 aromatic rings. The summed E-state index contributed by atoms with van der Waals surface area (Å²) in [6.45, 7) is 6.46. The van der Waals surface area contributed by atoms with Crippen LogP contribution in [0.25, 0.3) is 0 Å². The third-order valence-corrected chi connectivity index (χ3v) is 3.61. The molecule has 2 nitrogen and oxygen atoms in total. The van der Waals surface area contributed by atoms with Crippen LogP contribution >= 0.6 is 27.7 Å². The zero-order chi connectivity index (χ0) is 12.0. The molecule has 0 unspecified atom stereocenters. The zero-order valence-corrected chi connectivity index (χ0v) is 12.6. The van der Waals surface area contributed by atoms with Crippen LogP contribution in [0.4, 0.5) is 0 Å². The summed E-state index contributed by atoms with van der Waals surface area (Å²) in [4.78, 5) is 8.92. The number of thioether (sulfide) groups is 1. The Morgan fingerprint density at radius 1 is 1.31 bits per heavy atom. The van der Waals surface area contributed by atoms with Gasteiger partial charge in [0, 0.05) is 12.0 Å². The zero-order valence-electron chi connectivity index (χ0n) is 10.2. The topological polar surface area (TPSA) is 25.8 Å². The summed E-state index contributed by atoms with van der Waals surface area (Å²) < 4.78 is 0.893. The Kier molecular flexibility index (Phi) is 6.36. The Bertz CT molecular complexity index is 329.